The molecule has 32 heavy (non-hydrogen) atoms. The van der Waals surface area contributed by atoms with Crippen molar-refractivity contribution < 1.29 is 19.1 Å². The van der Waals surface area contributed by atoms with E-state index in [1.165, 1.54) is 6.92 Å². The van der Waals surface area contributed by atoms with Gasteiger partial charge in [0, 0.05) is 0 Å². The molecule has 0 aliphatic carbocycles. The molecular formula is C26H18N2O4. The Kier molecular flexibility index (Phi) is 5.65. The number of imide groups is 1. The van der Waals surface area contributed by atoms with E-state index in [4.69, 9.17) is 4.74 Å². The third-order valence-corrected chi connectivity index (χ3v) is 5.17. The highest BCUT2D eigenvalue weighted by Gasteiger charge is 2.41. The number of amides is 2. The van der Waals surface area contributed by atoms with Crippen molar-refractivity contribution in [3.63, 3.8) is 0 Å². The van der Waals surface area contributed by atoms with Crippen molar-refractivity contribution in [3.8, 4) is 11.8 Å². The minimum atomic E-state index is -1.08. The molecule has 0 saturated carbocycles. The van der Waals surface area contributed by atoms with E-state index in [2.05, 4.69) is 6.07 Å². The van der Waals surface area contributed by atoms with Crippen molar-refractivity contribution in [2.75, 3.05) is 0 Å². The predicted octanol–water partition coefficient (Wildman–Crippen LogP) is 4.34. The van der Waals surface area contributed by atoms with Crippen molar-refractivity contribution in [2.45, 2.75) is 13.0 Å². The number of carbonyl (C=O) groups excluding carboxylic acids is 3. The molecule has 2 amide bonds. The van der Waals surface area contributed by atoms with Crippen LogP contribution in [0.5, 0.6) is 5.75 Å². The number of nitrogens with zero attached hydrogens (tertiary/aromatic N) is 2. The topological polar surface area (TPSA) is 87.5 Å². The molecule has 0 fully saturated rings. The summed E-state index contributed by atoms with van der Waals surface area (Å²) < 4.78 is 5.38. The molecule has 4 rings (SSSR count). The fourth-order valence-electron chi connectivity index (χ4n) is 3.46. The van der Waals surface area contributed by atoms with Gasteiger partial charge < -0.3 is 4.74 Å². The van der Waals surface area contributed by atoms with Crippen LogP contribution in [0.3, 0.4) is 0 Å². The van der Waals surface area contributed by atoms with Crippen molar-refractivity contribution >= 4 is 29.4 Å². The highest BCUT2D eigenvalue weighted by Crippen LogP contribution is 2.25. The van der Waals surface area contributed by atoms with Crippen LogP contribution in [0, 0.1) is 11.3 Å². The van der Waals surface area contributed by atoms with Crippen LogP contribution in [0.1, 0.15) is 38.8 Å². The van der Waals surface area contributed by atoms with Gasteiger partial charge in [0.2, 0.25) is 0 Å². The van der Waals surface area contributed by atoms with Gasteiger partial charge in [-0.05, 0) is 48.4 Å². The molecule has 1 heterocycles. The smallest absolute Gasteiger partial charge is 0.334 e. The standard InChI is InChI=1S/C26H18N2O4/c1-17(28-24(29)22-9-5-6-10-23(22)25(28)30)26(31)32-21-13-11-18(12-14-21)15-20(16-27)19-7-3-2-4-8-19/h2-15,17H,1H3/b20-15-. The van der Waals surface area contributed by atoms with Gasteiger partial charge in [0.25, 0.3) is 11.8 Å². The zero-order valence-electron chi connectivity index (χ0n) is 17.2. The van der Waals surface area contributed by atoms with E-state index in [-0.39, 0.29) is 16.9 Å². The largest absolute Gasteiger partial charge is 0.425 e. The second kappa shape index (κ2) is 8.70. The summed E-state index contributed by atoms with van der Waals surface area (Å²) in [6, 6.07) is 23.5. The molecular weight excluding hydrogens is 404 g/mol. The van der Waals surface area contributed by atoms with Gasteiger partial charge in [0.15, 0.2) is 0 Å². The molecule has 0 saturated heterocycles. The lowest BCUT2D eigenvalue weighted by Gasteiger charge is -2.20. The Morgan fingerprint density at radius 3 is 2.03 bits per heavy atom. The fourth-order valence-corrected chi connectivity index (χ4v) is 3.46. The molecule has 0 bridgehead atoms. The Hall–Kier alpha value is -4.50. The van der Waals surface area contributed by atoms with E-state index in [9.17, 15) is 19.6 Å². The van der Waals surface area contributed by atoms with Gasteiger partial charge in [0.1, 0.15) is 11.8 Å². The lowest BCUT2D eigenvalue weighted by Crippen LogP contribution is -2.44. The van der Waals surface area contributed by atoms with E-state index >= 15 is 0 Å². The van der Waals surface area contributed by atoms with Gasteiger partial charge in [-0.25, -0.2) is 4.79 Å². The quantitative estimate of drug-likeness (QED) is 0.201. The molecule has 6 nitrogen and oxygen atoms in total. The second-order valence-corrected chi connectivity index (χ2v) is 7.23. The van der Waals surface area contributed by atoms with Crippen LogP contribution in [0.25, 0.3) is 11.6 Å². The molecule has 0 N–H and O–H groups in total. The summed E-state index contributed by atoms with van der Waals surface area (Å²) in [6.07, 6.45) is 1.74. The SMILES string of the molecule is CC(C(=O)Oc1ccc(/C=C(/C#N)c2ccccc2)cc1)N1C(=O)c2ccccc2C1=O. The maximum Gasteiger partial charge on any atom is 0.334 e. The van der Waals surface area contributed by atoms with Crippen molar-refractivity contribution in [1.82, 2.24) is 4.90 Å². The Balaban J connectivity index is 1.47. The van der Waals surface area contributed by atoms with E-state index in [0.717, 1.165) is 16.0 Å². The summed E-state index contributed by atoms with van der Waals surface area (Å²) in [7, 11) is 0. The summed E-state index contributed by atoms with van der Waals surface area (Å²) in [5.74, 6) is -1.47. The normalized spacial score (nSPS) is 14.0. The second-order valence-electron chi connectivity index (χ2n) is 7.23. The highest BCUT2D eigenvalue weighted by molar-refractivity contribution is 6.22. The number of carbonyl (C=O) groups is 3. The number of hydrogen-bond acceptors (Lipinski definition) is 5. The monoisotopic (exact) mass is 422 g/mol. The van der Waals surface area contributed by atoms with Crippen LogP contribution in [0.4, 0.5) is 0 Å². The third kappa shape index (κ3) is 3.92. The summed E-state index contributed by atoms with van der Waals surface area (Å²) in [5.41, 5.74) is 2.63. The Morgan fingerprint density at radius 1 is 0.906 bits per heavy atom. The average Bonchev–Trinajstić information content (AvgIpc) is 3.08. The summed E-state index contributed by atoms with van der Waals surface area (Å²) >= 11 is 0. The summed E-state index contributed by atoms with van der Waals surface area (Å²) in [5, 5.41) is 9.44. The van der Waals surface area contributed by atoms with Crippen molar-refractivity contribution in [2.24, 2.45) is 0 Å². The zero-order valence-corrected chi connectivity index (χ0v) is 17.2. The highest BCUT2D eigenvalue weighted by atomic mass is 16.5. The minimum Gasteiger partial charge on any atom is -0.425 e. The lowest BCUT2D eigenvalue weighted by molar-refractivity contribution is -0.138. The van der Waals surface area contributed by atoms with E-state index < -0.39 is 23.8 Å². The number of rotatable bonds is 5. The van der Waals surface area contributed by atoms with Crippen molar-refractivity contribution in [1.29, 1.82) is 5.26 Å². The molecule has 1 unspecified atom stereocenters. The zero-order chi connectivity index (χ0) is 22.7. The molecule has 1 aliphatic heterocycles. The van der Waals surface area contributed by atoms with Crippen LogP contribution >= 0.6 is 0 Å². The minimum absolute atomic E-state index is 0.272. The molecule has 6 heteroatoms. The average molecular weight is 422 g/mol. The van der Waals surface area contributed by atoms with E-state index in [0.29, 0.717) is 5.57 Å². The van der Waals surface area contributed by atoms with Crippen LogP contribution < -0.4 is 4.74 Å². The van der Waals surface area contributed by atoms with Gasteiger partial charge in [0.05, 0.1) is 22.8 Å². The molecule has 1 atom stereocenters. The summed E-state index contributed by atoms with van der Waals surface area (Å²) in [4.78, 5) is 38.7. The third-order valence-electron chi connectivity index (χ3n) is 5.17. The molecule has 0 aromatic heterocycles. The number of esters is 1. The number of benzene rings is 3. The fraction of sp³-hybridized carbons (Fsp3) is 0.0769. The predicted molar refractivity (Wildman–Crippen MR) is 118 cm³/mol. The molecule has 156 valence electrons. The van der Waals surface area contributed by atoms with Crippen LogP contribution in [-0.4, -0.2) is 28.7 Å². The first-order chi connectivity index (χ1) is 15.5. The maximum atomic E-state index is 12.6. The van der Waals surface area contributed by atoms with Gasteiger partial charge in [-0.1, -0.05) is 54.6 Å². The van der Waals surface area contributed by atoms with Gasteiger partial charge in [-0.2, -0.15) is 5.26 Å². The Bertz CT molecular complexity index is 1240. The Morgan fingerprint density at radius 2 is 1.47 bits per heavy atom. The number of ether oxygens (including phenoxy) is 1. The van der Waals surface area contributed by atoms with Crippen LogP contribution in [-0.2, 0) is 4.79 Å². The van der Waals surface area contributed by atoms with Gasteiger partial charge in [-0.3, -0.25) is 14.5 Å². The number of nitriles is 1. The first-order valence-electron chi connectivity index (χ1n) is 9.95. The number of hydrogen-bond donors (Lipinski definition) is 0. The lowest BCUT2D eigenvalue weighted by atomic mass is 10.0. The molecule has 3 aromatic rings. The van der Waals surface area contributed by atoms with Crippen molar-refractivity contribution in [3.05, 3.63) is 101 Å². The Labute approximate surface area is 185 Å². The molecule has 1 aliphatic rings. The summed E-state index contributed by atoms with van der Waals surface area (Å²) in [6.45, 7) is 1.46. The van der Waals surface area contributed by atoms with Crippen LogP contribution in [0.15, 0.2) is 78.9 Å². The molecule has 0 radical (unpaired) electrons. The molecule has 3 aromatic carbocycles. The van der Waals surface area contributed by atoms with E-state index in [1.807, 2.05) is 30.3 Å². The van der Waals surface area contributed by atoms with Crippen LogP contribution in [0.2, 0.25) is 0 Å². The first-order valence-corrected chi connectivity index (χ1v) is 9.95. The number of allylic oxidation sites excluding steroid dienone is 1. The maximum absolute atomic E-state index is 12.6. The van der Waals surface area contributed by atoms with E-state index in [1.54, 1.807) is 54.6 Å². The van der Waals surface area contributed by atoms with Gasteiger partial charge >= 0.3 is 5.97 Å². The van der Waals surface area contributed by atoms with Gasteiger partial charge in [-0.15, -0.1) is 0 Å². The first kappa shape index (κ1) is 20.8. The molecule has 0 spiro atoms. The number of fused-ring (bicyclic) bond motifs is 1.